The molecule has 0 aliphatic heterocycles. The van der Waals surface area contributed by atoms with E-state index in [2.05, 4.69) is 15.8 Å². The first-order chi connectivity index (χ1) is 10.6. The molecule has 1 aromatic carbocycles. The molecule has 0 atom stereocenters. The van der Waals surface area contributed by atoms with Crippen molar-refractivity contribution in [3.63, 3.8) is 0 Å². The molecule has 0 aliphatic rings. The highest BCUT2D eigenvalue weighted by molar-refractivity contribution is 7.15. The lowest BCUT2D eigenvalue weighted by molar-refractivity contribution is -0.121. The van der Waals surface area contributed by atoms with Crippen molar-refractivity contribution in [1.82, 2.24) is 20.2 Å². The predicted octanol–water partition coefficient (Wildman–Crippen LogP) is 1.54. The average Bonchev–Trinajstić information content (AvgIpc) is 3.06. The van der Waals surface area contributed by atoms with E-state index in [-0.39, 0.29) is 17.9 Å². The van der Waals surface area contributed by atoms with E-state index in [1.807, 2.05) is 16.0 Å². The molecule has 3 aromatic rings. The highest BCUT2D eigenvalue weighted by Crippen LogP contribution is 2.11. The lowest BCUT2D eigenvalue weighted by Crippen LogP contribution is -2.42. The van der Waals surface area contributed by atoms with Gasteiger partial charge in [0.1, 0.15) is 5.82 Å². The molecule has 6 nitrogen and oxygen atoms in total. The van der Waals surface area contributed by atoms with Crippen LogP contribution in [0, 0.1) is 5.82 Å². The molecular formula is C14H11FN4O2S. The minimum Gasteiger partial charge on any atom is -0.297 e. The van der Waals surface area contributed by atoms with Crippen LogP contribution in [-0.4, -0.2) is 21.2 Å². The van der Waals surface area contributed by atoms with E-state index in [4.69, 9.17) is 0 Å². The number of fused-ring (bicyclic) bond motifs is 1. The zero-order chi connectivity index (χ0) is 15.5. The zero-order valence-electron chi connectivity index (χ0n) is 11.2. The molecule has 112 valence electrons. The maximum Gasteiger partial charge on any atom is 0.269 e. The number of nitrogens with zero attached hydrogens (tertiary/aromatic N) is 2. The van der Waals surface area contributed by atoms with E-state index in [0.717, 1.165) is 4.96 Å². The molecule has 0 saturated heterocycles. The molecule has 2 amide bonds. The van der Waals surface area contributed by atoms with Gasteiger partial charge in [-0.1, -0.05) is 0 Å². The summed E-state index contributed by atoms with van der Waals surface area (Å²) in [6, 6.07) is 5.02. The zero-order valence-corrected chi connectivity index (χ0v) is 12.1. The minimum absolute atomic E-state index is 0.0537. The molecule has 0 fully saturated rings. The monoisotopic (exact) mass is 318 g/mol. The first-order valence-corrected chi connectivity index (χ1v) is 7.25. The Bertz CT molecular complexity index is 796. The second-order valence-corrected chi connectivity index (χ2v) is 5.38. The topological polar surface area (TPSA) is 75.5 Å². The number of hydrazine groups is 1. The third-order valence-corrected chi connectivity index (χ3v) is 3.68. The van der Waals surface area contributed by atoms with Crippen LogP contribution in [0.2, 0.25) is 0 Å². The first-order valence-electron chi connectivity index (χ1n) is 6.37. The summed E-state index contributed by atoms with van der Waals surface area (Å²) in [4.78, 5) is 28.6. The van der Waals surface area contributed by atoms with E-state index >= 15 is 0 Å². The number of benzene rings is 1. The molecule has 0 saturated carbocycles. The largest absolute Gasteiger partial charge is 0.297 e. The highest BCUT2D eigenvalue weighted by Gasteiger charge is 2.10. The number of carbonyl (C=O) groups excluding carboxylic acids is 2. The summed E-state index contributed by atoms with van der Waals surface area (Å²) in [5.74, 6) is -1.33. The third kappa shape index (κ3) is 3.12. The van der Waals surface area contributed by atoms with Crippen molar-refractivity contribution in [2.45, 2.75) is 6.42 Å². The molecule has 0 radical (unpaired) electrons. The maximum absolute atomic E-state index is 12.8. The minimum atomic E-state index is -0.515. The van der Waals surface area contributed by atoms with Crippen LogP contribution < -0.4 is 10.9 Å². The summed E-state index contributed by atoms with van der Waals surface area (Å²) in [6.45, 7) is 0. The highest BCUT2D eigenvalue weighted by atomic mass is 32.1. The average molecular weight is 318 g/mol. The summed E-state index contributed by atoms with van der Waals surface area (Å²) in [6.07, 6.45) is 3.66. The van der Waals surface area contributed by atoms with Crippen molar-refractivity contribution in [3.8, 4) is 0 Å². The molecular weight excluding hydrogens is 307 g/mol. The molecule has 2 heterocycles. The Hall–Kier alpha value is -2.74. The van der Waals surface area contributed by atoms with Crippen molar-refractivity contribution in [2.75, 3.05) is 0 Å². The first kappa shape index (κ1) is 14.2. The van der Waals surface area contributed by atoms with Crippen molar-refractivity contribution in [3.05, 3.63) is 59.1 Å². The Kier molecular flexibility index (Phi) is 3.84. The fraction of sp³-hybridized carbons (Fsp3) is 0.0714. The Labute approximate surface area is 128 Å². The number of nitrogens with one attached hydrogen (secondary N) is 2. The van der Waals surface area contributed by atoms with Crippen molar-refractivity contribution in [1.29, 1.82) is 0 Å². The van der Waals surface area contributed by atoms with E-state index in [1.165, 1.54) is 35.6 Å². The molecule has 22 heavy (non-hydrogen) atoms. The smallest absolute Gasteiger partial charge is 0.269 e. The van der Waals surface area contributed by atoms with Crippen molar-refractivity contribution in [2.24, 2.45) is 0 Å². The number of imidazole rings is 1. The molecule has 0 spiro atoms. The fourth-order valence-electron chi connectivity index (χ4n) is 1.87. The van der Waals surface area contributed by atoms with Crippen molar-refractivity contribution < 1.29 is 14.0 Å². The van der Waals surface area contributed by atoms with Crippen LogP contribution in [0.5, 0.6) is 0 Å². The van der Waals surface area contributed by atoms with Gasteiger partial charge in [-0.25, -0.2) is 9.37 Å². The van der Waals surface area contributed by atoms with Crippen LogP contribution in [0.25, 0.3) is 4.96 Å². The van der Waals surface area contributed by atoms with Gasteiger partial charge < -0.3 is 0 Å². The molecule has 2 aromatic heterocycles. The number of aromatic nitrogens is 2. The molecule has 0 bridgehead atoms. The van der Waals surface area contributed by atoms with Gasteiger partial charge in [-0.2, -0.15) is 0 Å². The van der Waals surface area contributed by atoms with Crippen LogP contribution in [0.1, 0.15) is 16.1 Å². The van der Waals surface area contributed by atoms with Gasteiger partial charge in [0.25, 0.3) is 5.91 Å². The van der Waals surface area contributed by atoms with Crippen LogP contribution in [-0.2, 0) is 11.2 Å². The van der Waals surface area contributed by atoms with Crippen LogP contribution >= 0.6 is 11.3 Å². The van der Waals surface area contributed by atoms with E-state index in [1.54, 1.807) is 6.20 Å². The Morgan fingerprint density at radius 2 is 2.00 bits per heavy atom. The maximum atomic E-state index is 12.8. The number of hydrogen-bond acceptors (Lipinski definition) is 4. The Balaban J connectivity index is 1.54. The van der Waals surface area contributed by atoms with E-state index < -0.39 is 11.7 Å². The molecule has 0 unspecified atom stereocenters. The molecule has 0 aliphatic carbocycles. The standard InChI is InChI=1S/C14H11FN4O2S/c15-10-3-1-9(2-4-10)13(21)18-17-12(20)7-11-8-19-5-6-22-14(19)16-11/h1-6,8H,7H2,(H,17,20)(H,18,21). The van der Waals surface area contributed by atoms with Gasteiger partial charge in [-0.05, 0) is 24.3 Å². The Morgan fingerprint density at radius 3 is 2.73 bits per heavy atom. The summed E-state index contributed by atoms with van der Waals surface area (Å²) in [7, 11) is 0. The summed E-state index contributed by atoms with van der Waals surface area (Å²) >= 11 is 1.47. The SMILES string of the molecule is O=C(Cc1cn2ccsc2n1)NNC(=O)c1ccc(F)cc1. The molecule has 2 N–H and O–H groups in total. The van der Waals surface area contributed by atoms with Crippen LogP contribution in [0.15, 0.2) is 42.0 Å². The summed E-state index contributed by atoms with van der Waals surface area (Å²) in [5, 5.41) is 1.90. The van der Waals surface area contributed by atoms with Gasteiger partial charge >= 0.3 is 0 Å². The van der Waals surface area contributed by atoms with Crippen LogP contribution in [0.3, 0.4) is 0 Å². The van der Waals surface area contributed by atoms with Gasteiger partial charge in [-0.15, -0.1) is 11.3 Å². The molecule has 3 rings (SSSR count). The van der Waals surface area contributed by atoms with E-state index in [0.29, 0.717) is 5.69 Å². The fourth-order valence-corrected chi connectivity index (χ4v) is 2.59. The lowest BCUT2D eigenvalue weighted by atomic mass is 10.2. The summed E-state index contributed by atoms with van der Waals surface area (Å²) in [5.41, 5.74) is 5.44. The summed E-state index contributed by atoms with van der Waals surface area (Å²) < 4.78 is 14.6. The second kappa shape index (κ2) is 5.94. The third-order valence-electron chi connectivity index (χ3n) is 2.91. The number of halogens is 1. The quantitative estimate of drug-likeness (QED) is 0.719. The number of carbonyl (C=O) groups is 2. The van der Waals surface area contributed by atoms with Gasteiger partial charge in [0.2, 0.25) is 5.91 Å². The van der Waals surface area contributed by atoms with Gasteiger partial charge in [0.15, 0.2) is 4.96 Å². The lowest BCUT2D eigenvalue weighted by Gasteiger charge is -2.06. The van der Waals surface area contributed by atoms with Crippen LogP contribution in [0.4, 0.5) is 4.39 Å². The second-order valence-electron chi connectivity index (χ2n) is 4.51. The predicted molar refractivity (Wildman–Crippen MR) is 78.8 cm³/mol. The van der Waals surface area contributed by atoms with Gasteiger partial charge in [-0.3, -0.25) is 24.8 Å². The van der Waals surface area contributed by atoms with E-state index in [9.17, 15) is 14.0 Å². The number of hydrogen-bond donors (Lipinski definition) is 2. The van der Waals surface area contributed by atoms with Gasteiger partial charge in [0, 0.05) is 23.3 Å². The number of thiazole rings is 1. The normalized spacial score (nSPS) is 10.6. The van der Waals surface area contributed by atoms with Crippen molar-refractivity contribution >= 4 is 28.1 Å². The van der Waals surface area contributed by atoms with Gasteiger partial charge in [0.05, 0.1) is 12.1 Å². The number of amides is 2. The Morgan fingerprint density at radius 1 is 1.23 bits per heavy atom. The number of rotatable bonds is 3. The molecule has 8 heteroatoms.